The minimum Gasteiger partial charge on any atom is -0.487 e. The first kappa shape index (κ1) is 28.0. The van der Waals surface area contributed by atoms with Gasteiger partial charge in [-0.3, -0.25) is 14.4 Å². The van der Waals surface area contributed by atoms with Gasteiger partial charge in [-0.2, -0.15) is 0 Å². The van der Waals surface area contributed by atoms with Crippen LogP contribution in [0.2, 0.25) is 10.0 Å². The number of aromatic nitrogens is 1. The molecule has 0 aliphatic carbocycles. The maximum absolute atomic E-state index is 12.8. The van der Waals surface area contributed by atoms with Gasteiger partial charge in [0.25, 0.3) is 11.8 Å². The molecule has 0 atom stereocenters. The van der Waals surface area contributed by atoms with E-state index >= 15 is 0 Å². The molecule has 2 aromatic carbocycles. The van der Waals surface area contributed by atoms with Crippen molar-refractivity contribution in [2.45, 2.75) is 13.5 Å². The van der Waals surface area contributed by atoms with Gasteiger partial charge in [0.1, 0.15) is 18.1 Å². The Labute approximate surface area is 217 Å². The fraction of sp³-hybridized carbons (Fsp3) is 0.174. The number of H-pyrrole nitrogens is 1. The van der Waals surface area contributed by atoms with Crippen LogP contribution in [0.15, 0.2) is 42.5 Å². The minimum absolute atomic E-state index is 0. The van der Waals surface area contributed by atoms with E-state index in [1.807, 2.05) is 0 Å². The average molecular weight is 541 g/mol. The molecule has 7 N–H and O–H groups in total. The average Bonchev–Trinajstić information content (AvgIpc) is 3.09. The van der Waals surface area contributed by atoms with Gasteiger partial charge in [0.15, 0.2) is 0 Å². The number of carbonyl (C=O) groups excluding carboxylic acids is 3. The number of hydrogen-bond acceptors (Lipinski definition) is 5. The van der Waals surface area contributed by atoms with Crippen LogP contribution in [0, 0.1) is 6.92 Å². The van der Waals surface area contributed by atoms with E-state index in [0.717, 1.165) is 0 Å². The number of primary amides is 1. The van der Waals surface area contributed by atoms with Crippen LogP contribution < -0.4 is 26.8 Å². The Morgan fingerprint density at radius 1 is 1.03 bits per heavy atom. The van der Waals surface area contributed by atoms with E-state index in [1.165, 1.54) is 18.2 Å². The summed E-state index contributed by atoms with van der Waals surface area (Å²) in [4.78, 5) is 39.4. The van der Waals surface area contributed by atoms with Crippen molar-refractivity contribution in [1.29, 1.82) is 0 Å². The van der Waals surface area contributed by atoms with Crippen LogP contribution in [0.3, 0.4) is 0 Å². The number of nitrogens with two attached hydrogens (primary N) is 2. The first-order valence-corrected chi connectivity index (χ1v) is 11.0. The number of ether oxygens (including phenoxy) is 1. The smallest absolute Gasteiger partial charge is 0.273 e. The number of amides is 3. The van der Waals surface area contributed by atoms with Gasteiger partial charge in [-0.15, -0.1) is 12.4 Å². The summed E-state index contributed by atoms with van der Waals surface area (Å²) in [5.41, 5.74) is 13.1. The Hall–Kier alpha value is -3.24. The van der Waals surface area contributed by atoms with E-state index in [4.69, 9.17) is 39.4 Å². The van der Waals surface area contributed by atoms with Gasteiger partial charge in [-0.1, -0.05) is 35.3 Å². The Bertz CT molecular complexity index is 1250. The van der Waals surface area contributed by atoms with Gasteiger partial charge in [0, 0.05) is 29.9 Å². The molecule has 0 bridgehead atoms. The highest BCUT2D eigenvalue weighted by molar-refractivity contribution is 6.44. The second kappa shape index (κ2) is 12.5. The lowest BCUT2D eigenvalue weighted by Gasteiger charge is -2.14. The zero-order valence-corrected chi connectivity index (χ0v) is 20.9. The van der Waals surface area contributed by atoms with E-state index in [0.29, 0.717) is 29.9 Å². The maximum atomic E-state index is 12.8. The molecule has 35 heavy (non-hydrogen) atoms. The molecule has 0 unspecified atom stereocenters. The summed E-state index contributed by atoms with van der Waals surface area (Å²) in [6.07, 6.45) is 0. The summed E-state index contributed by atoms with van der Waals surface area (Å²) < 4.78 is 5.88. The molecule has 0 radical (unpaired) electrons. The third-order valence-corrected chi connectivity index (χ3v) is 5.76. The predicted octanol–water partition coefficient (Wildman–Crippen LogP) is 3.67. The lowest BCUT2D eigenvalue weighted by atomic mass is 10.1. The second-order valence-electron chi connectivity index (χ2n) is 7.32. The number of benzene rings is 2. The lowest BCUT2D eigenvalue weighted by molar-refractivity contribution is 0.0952. The lowest BCUT2D eigenvalue weighted by Crippen LogP contribution is -2.29. The van der Waals surface area contributed by atoms with E-state index in [9.17, 15) is 14.4 Å². The summed E-state index contributed by atoms with van der Waals surface area (Å²) in [6.45, 7) is 2.43. The topological polar surface area (TPSA) is 152 Å². The number of aromatic amines is 1. The summed E-state index contributed by atoms with van der Waals surface area (Å²) in [5, 5.41) is 5.74. The van der Waals surface area contributed by atoms with Gasteiger partial charge in [0.05, 0.1) is 15.7 Å². The monoisotopic (exact) mass is 539 g/mol. The highest BCUT2D eigenvalue weighted by Crippen LogP contribution is 2.31. The first-order valence-electron chi connectivity index (χ1n) is 10.2. The highest BCUT2D eigenvalue weighted by atomic mass is 35.5. The molecule has 186 valence electrons. The van der Waals surface area contributed by atoms with Crippen LogP contribution in [0.5, 0.6) is 5.75 Å². The van der Waals surface area contributed by atoms with Crippen LogP contribution in [-0.4, -0.2) is 35.8 Å². The SMILES string of the molecule is Cc1[nH]c(C(=O)Nc2ccc(C(N)=O)cc2OCc2cccc(C(=O)NCCN)c2)c(Cl)c1Cl.Cl. The van der Waals surface area contributed by atoms with E-state index in [2.05, 4.69) is 15.6 Å². The summed E-state index contributed by atoms with van der Waals surface area (Å²) in [7, 11) is 0. The van der Waals surface area contributed by atoms with Crippen LogP contribution in [0.25, 0.3) is 0 Å². The number of aryl methyl sites for hydroxylation is 1. The van der Waals surface area contributed by atoms with E-state index in [1.54, 1.807) is 31.2 Å². The third-order valence-electron chi connectivity index (χ3n) is 4.81. The van der Waals surface area contributed by atoms with Crippen molar-refractivity contribution in [2.24, 2.45) is 11.5 Å². The van der Waals surface area contributed by atoms with Gasteiger partial charge in [-0.05, 0) is 42.8 Å². The van der Waals surface area contributed by atoms with Crippen molar-refractivity contribution in [2.75, 3.05) is 18.4 Å². The summed E-state index contributed by atoms with van der Waals surface area (Å²) >= 11 is 12.2. The van der Waals surface area contributed by atoms with Crippen molar-refractivity contribution >= 4 is 59.0 Å². The van der Waals surface area contributed by atoms with Crippen LogP contribution >= 0.6 is 35.6 Å². The molecule has 0 saturated carbocycles. The standard InChI is InChI=1S/C23H23Cl2N5O4.ClH/c1-12-18(24)19(25)20(29-12)23(33)30-16-6-5-14(21(27)31)10-17(16)34-11-13-3-2-4-15(9-13)22(32)28-8-7-26;/h2-6,9-10,29H,7-8,11,26H2,1H3,(H2,27,31)(H,28,32)(H,30,33);1H. The number of rotatable bonds is 9. The summed E-state index contributed by atoms with van der Waals surface area (Å²) in [6, 6.07) is 11.2. The van der Waals surface area contributed by atoms with Gasteiger partial charge in [-0.25, -0.2) is 0 Å². The number of halogens is 3. The molecular weight excluding hydrogens is 517 g/mol. The molecule has 0 aliphatic rings. The zero-order chi connectivity index (χ0) is 24.8. The Balaban J connectivity index is 0.00000432. The van der Waals surface area contributed by atoms with Gasteiger partial charge < -0.3 is 31.8 Å². The molecule has 9 nitrogen and oxygen atoms in total. The highest BCUT2D eigenvalue weighted by Gasteiger charge is 2.20. The number of hydrogen-bond donors (Lipinski definition) is 5. The van der Waals surface area contributed by atoms with E-state index in [-0.39, 0.29) is 57.7 Å². The Morgan fingerprint density at radius 3 is 2.40 bits per heavy atom. The van der Waals surface area contributed by atoms with Crippen LogP contribution in [0.1, 0.15) is 42.5 Å². The van der Waals surface area contributed by atoms with E-state index < -0.39 is 11.8 Å². The molecule has 0 aliphatic heterocycles. The molecule has 0 saturated heterocycles. The molecular formula is C23H24Cl3N5O4. The number of anilines is 1. The predicted molar refractivity (Wildman–Crippen MR) is 138 cm³/mol. The molecule has 0 spiro atoms. The van der Waals surface area contributed by atoms with Crippen LogP contribution in [0.4, 0.5) is 5.69 Å². The first-order chi connectivity index (χ1) is 16.2. The van der Waals surface area contributed by atoms with Crippen molar-refractivity contribution in [3.8, 4) is 5.75 Å². The zero-order valence-electron chi connectivity index (χ0n) is 18.6. The second-order valence-corrected chi connectivity index (χ2v) is 8.07. The molecule has 0 fully saturated rings. The largest absolute Gasteiger partial charge is 0.487 e. The number of nitrogens with one attached hydrogen (secondary N) is 3. The Kier molecular flexibility index (Phi) is 9.97. The van der Waals surface area contributed by atoms with Crippen molar-refractivity contribution in [1.82, 2.24) is 10.3 Å². The van der Waals surface area contributed by atoms with Gasteiger partial charge in [0.2, 0.25) is 5.91 Å². The minimum atomic E-state index is -0.656. The normalized spacial score (nSPS) is 10.3. The molecule has 3 amide bonds. The number of carbonyl (C=O) groups is 3. The van der Waals surface area contributed by atoms with Gasteiger partial charge >= 0.3 is 0 Å². The summed E-state index contributed by atoms with van der Waals surface area (Å²) in [5.74, 6) is -1.26. The molecule has 1 aromatic heterocycles. The third kappa shape index (κ3) is 6.89. The van der Waals surface area contributed by atoms with Crippen molar-refractivity contribution in [3.05, 3.63) is 80.6 Å². The molecule has 3 aromatic rings. The fourth-order valence-electron chi connectivity index (χ4n) is 3.06. The van der Waals surface area contributed by atoms with Crippen molar-refractivity contribution < 1.29 is 19.1 Å². The van der Waals surface area contributed by atoms with Crippen LogP contribution in [-0.2, 0) is 6.61 Å². The molecule has 12 heteroatoms. The maximum Gasteiger partial charge on any atom is 0.273 e. The fourth-order valence-corrected chi connectivity index (χ4v) is 3.48. The molecule has 3 rings (SSSR count). The van der Waals surface area contributed by atoms with Crippen molar-refractivity contribution in [3.63, 3.8) is 0 Å². The Morgan fingerprint density at radius 2 is 1.77 bits per heavy atom. The quantitative estimate of drug-likeness (QED) is 0.280. The molecule has 1 heterocycles.